The first kappa shape index (κ1) is 27.1. The molecule has 10 nitrogen and oxygen atoms in total. The summed E-state index contributed by atoms with van der Waals surface area (Å²) in [6.45, 7) is 7.63. The standard InChI is InChI=1S/C28H38FN7O3/c1-19(2)27-32-28(39-33-27)35-9-6-20(7-10-35)24-14-21(24)8-13-38-23-5-4-22(25(29)16-23)15-26(37)34(3)11-12-36-18-30-17-31-36/h4-5,16-21,24H,6-15H2,1-3H3/t21-,24-/m1/s1. The molecule has 0 unspecified atom stereocenters. The van der Waals surface area contributed by atoms with Crippen molar-refractivity contribution >= 4 is 11.9 Å². The number of nitrogens with zero attached hydrogens (tertiary/aromatic N) is 7. The maximum Gasteiger partial charge on any atom is 0.324 e. The molecular weight excluding hydrogens is 501 g/mol. The first-order valence-corrected chi connectivity index (χ1v) is 13.9. The van der Waals surface area contributed by atoms with Crippen molar-refractivity contribution in [3.8, 4) is 5.75 Å². The van der Waals surface area contributed by atoms with Gasteiger partial charge in [0.1, 0.15) is 24.2 Å². The van der Waals surface area contributed by atoms with Gasteiger partial charge in [0.2, 0.25) is 5.91 Å². The lowest BCUT2D eigenvalue weighted by Crippen LogP contribution is -2.34. The Morgan fingerprint density at radius 1 is 1.28 bits per heavy atom. The van der Waals surface area contributed by atoms with Gasteiger partial charge in [-0.15, -0.1) is 0 Å². The second kappa shape index (κ2) is 12.1. The molecule has 39 heavy (non-hydrogen) atoms. The maximum absolute atomic E-state index is 14.7. The summed E-state index contributed by atoms with van der Waals surface area (Å²) < 4.78 is 27.7. The number of aromatic nitrogens is 5. The molecule has 2 aromatic heterocycles. The first-order chi connectivity index (χ1) is 18.9. The van der Waals surface area contributed by atoms with E-state index in [1.165, 1.54) is 18.8 Å². The second-order valence-corrected chi connectivity index (χ2v) is 11.1. The van der Waals surface area contributed by atoms with Crippen LogP contribution in [-0.4, -0.2) is 69.0 Å². The Hall–Kier alpha value is -3.50. The predicted octanol–water partition coefficient (Wildman–Crippen LogP) is 3.95. The van der Waals surface area contributed by atoms with Crippen LogP contribution in [0, 0.1) is 23.6 Å². The number of likely N-dealkylation sites (N-methyl/N-ethyl adjacent to an activating group) is 1. The summed E-state index contributed by atoms with van der Waals surface area (Å²) in [5.74, 6) is 3.12. The van der Waals surface area contributed by atoms with E-state index in [1.54, 1.807) is 35.1 Å². The third-order valence-corrected chi connectivity index (χ3v) is 8.02. The number of ether oxygens (including phenoxy) is 1. The van der Waals surface area contributed by atoms with Crippen LogP contribution in [-0.2, 0) is 17.8 Å². The van der Waals surface area contributed by atoms with E-state index in [0.29, 0.717) is 42.9 Å². The number of piperidine rings is 1. The maximum atomic E-state index is 14.7. The molecule has 3 heterocycles. The molecule has 0 N–H and O–H groups in total. The molecule has 2 aliphatic rings. The Balaban J connectivity index is 1.00. The molecule has 1 aliphatic carbocycles. The van der Waals surface area contributed by atoms with Crippen molar-refractivity contribution in [2.45, 2.75) is 58.4 Å². The van der Waals surface area contributed by atoms with Crippen LogP contribution in [0.5, 0.6) is 5.75 Å². The van der Waals surface area contributed by atoms with Gasteiger partial charge in [-0.1, -0.05) is 25.1 Å². The number of carbonyl (C=O) groups is 1. The molecular formula is C28H38FN7O3. The average Bonchev–Trinajstić information content (AvgIpc) is 3.30. The van der Waals surface area contributed by atoms with Crippen LogP contribution in [0.1, 0.15) is 56.8 Å². The number of anilines is 1. The number of halogens is 1. The topological polar surface area (TPSA) is 102 Å². The fourth-order valence-electron chi connectivity index (χ4n) is 5.40. The van der Waals surface area contributed by atoms with Crippen LogP contribution < -0.4 is 9.64 Å². The highest BCUT2D eigenvalue weighted by Crippen LogP contribution is 2.50. The lowest BCUT2D eigenvalue weighted by Gasteiger charge is -2.30. The summed E-state index contributed by atoms with van der Waals surface area (Å²) in [6, 6.07) is 5.44. The molecule has 1 aliphatic heterocycles. The molecule has 210 valence electrons. The molecule has 0 spiro atoms. The fourth-order valence-corrected chi connectivity index (χ4v) is 5.40. The molecule has 0 radical (unpaired) electrons. The Morgan fingerprint density at radius 3 is 2.79 bits per heavy atom. The van der Waals surface area contributed by atoms with Gasteiger partial charge in [0.15, 0.2) is 5.82 Å². The van der Waals surface area contributed by atoms with Crippen LogP contribution in [0.2, 0.25) is 0 Å². The monoisotopic (exact) mass is 539 g/mol. The van der Waals surface area contributed by atoms with Crippen molar-refractivity contribution in [1.29, 1.82) is 0 Å². The molecule has 0 bridgehead atoms. The summed E-state index contributed by atoms with van der Waals surface area (Å²) in [5.41, 5.74) is 0.370. The van der Waals surface area contributed by atoms with E-state index in [9.17, 15) is 9.18 Å². The molecule has 1 aromatic carbocycles. The summed E-state index contributed by atoms with van der Waals surface area (Å²) in [5, 5.41) is 8.11. The minimum absolute atomic E-state index is 0.00786. The third kappa shape index (κ3) is 6.93. The summed E-state index contributed by atoms with van der Waals surface area (Å²) in [4.78, 5) is 24.7. The Kier molecular flexibility index (Phi) is 8.42. The van der Waals surface area contributed by atoms with Crippen LogP contribution >= 0.6 is 0 Å². The lowest BCUT2D eigenvalue weighted by atomic mass is 9.90. The van der Waals surface area contributed by atoms with Gasteiger partial charge in [-0.3, -0.25) is 9.48 Å². The number of rotatable bonds is 12. The van der Waals surface area contributed by atoms with Gasteiger partial charge in [-0.05, 0) is 55.1 Å². The average molecular weight is 540 g/mol. The van der Waals surface area contributed by atoms with E-state index >= 15 is 0 Å². The smallest absolute Gasteiger partial charge is 0.324 e. The lowest BCUT2D eigenvalue weighted by molar-refractivity contribution is -0.129. The van der Waals surface area contributed by atoms with Gasteiger partial charge in [0.25, 0.3) is 0 Å². The van der Waals surface area contributed by atoms with E-state index in [0.717, 1.165) is 50.0 Å². The van der Waals surface area contributed by atoms with Crippen LogP contribution in [0.15, 0.2) is 35.4 Å². The minimum atomic E-state index is -0.414. The highest BCUT2D eigenvalue weighted by molar-refractivity contribution is 5.78. The Labute approximate surface area is 228 Å². The number of amides is 1. The summed E-state index contributed by atoms with van der Waals surface area (Å²) in [7, 11) is 1.71. The summed E-state index contributed by atoms with van der Waals surface area (Å²) >= 11 is 0. The second-order valence-electron chi connectivity index (χ2n) is 11.1. The molecule has 1 saturated carbocycles. The molecule has 1 amide bonds. The largest absolute Gasteiger partial charge is 0.493 e. The fraction of sp³-hybridized carbons (Fsp3) is 0.607. The van der Waals surface area contributed by atoms with Crippen LogP contribution in [0.3, 0.4) is 0 Å². The van der Waals surface area contributed by atoms with Gasteiger partial charge < -0.3 is 19.1 Å². The van der Waals surface area contributed by atoms with Crippen molar-refractivity contribution in [1.82, 2.24) is 29.8 Å². The molecule has 1 saturated heterocycles. The molecule has 3 aromatic rings. The molecule has 2 fully saturated rings. The van der Waals surface area contributed by atoms with Gasteiger partial charge >= 0.3 is 6.01 Å². The van der Waals surface area contributed by atoms with Crippen molar-refractivity contribution in [3.05, 3.63) is 48.1 Å². The zero-order valence-electron chi connectivity index (χ0n) is 23.0. The number of benzene rings is 1. The first-order valence-electron chi connectivity index (χ1n) is 13.9. The van der Waals surface area contributed by atoms with E-state index < -0.39 is 5.82 Å². The van der Waals surface area contributed by atoms with Gasteiger partial charge in [0.05, 0.1) is 19.6 Å². The van der Waals surface area contributed by atoms with Crippen LogP contribution in [0.25, 0.3) is 0 Å². The van der Waals surface area contributed by atoms with Crippen LogP contribution in [0.4, 0.5) is 10.4 Å². The van der Waals surface area contributed by atoms with Gasteiger partial charge in [0, 0.05) is 38.7 Å². The van der Waals surface area contributed by atoms with E-state index in [2.05, 4.69) is 39.0 Å². The van der Waals surface area contributed by atoms with E-state index in [-0.39, 0.29) is 18.2 Å². The third-order valence-electron chi connectivity index (χ3n) is 8.02. The van der Waals surface area contributed by atoms with E-state index in [1.807, 2.05) is 0 Å². The normalized spacial score (nSPS) is 19.5. The minimum Gasteiger partial charge on any atom is -0.493 e. The zero-order valence-corrected chi connectivity index (χ0v) is 23.0. The molecule has 2 atom stereocenters. The Morgan fingerprint density at radius 2 is 2.10 bits per heavy atom. The highest BCUT2D eigenvalue weighted by atomic mass is 19.1. The molecule has 11 heteroatoms. The Bertz CT molecular complexity index is 1220. The highest BCUT2D eigenvalue weighted by Gasteiger charge is 2.43. The van der Waals surface area contributed by atoms with Crippen molar-refractivity contribution in [3.63, 3.8) is 0 Å². The van der Waals surface area contributed by atoms with Gasteiger partial charge in [-0.25, -0.2) is 9.37 Å². The van der Waals surface area contributed by atoms with Gasteiger partial charge in [-0.2, -0.15) is 10.1 Å². The summed E-state index contributed by atoms with van der Waals surface area (Å²) in [6.07, 6.45) is 7.56. The quantitative estimate of drug-likeness (QED) is 0.341. The molecule has 5 rings (SSSR count). The van der Waals surface area contributed by atoms with Crippen molar-refractivity contribution < 1.29 is 18.4 Å². The zero-order chi connectivity index (χ0) is 27.4. The predicted molar refractivity (Wildman–Crippen MR) is 143 cm³/mol. The number of hydrogen-bond acceptors (Lipinski definition) is 8. The van der Waals surface area contributed by atoms with Crippen molar-refractivity contribution in [2.75, 3.05) is 38.2 Å². The SMILES string of the molecule is CC(C)c1noc(N2CCC([C@H]3C[C@H]3CCOc3ccc(CC(=O)N(C)CCn4cncn4)c(F)c3)CC2)n1. The number of hydrogen-bond donors (Lipinski definition) is 0. The van der Waals surface area contributed by atoms with Crippen molar-refractivity contribution in [2.24, 2.45) is 17.8 Å². The van der Waals surface area contributed by atoms with E-state index in [4.69, 9.17) is 9.26 Å². The number of carbonyl (C=O) groups excluding carboxylic acids is 1.